The molecule has 1 aromatic carbocycles. The Balaban J connectivity index is 2.36. The van der Waals surface area contributed by atoms with E-state index in [1.165, 1.54) is 12.1 Å². The Labute approximate surface area is 118 Å². The predicted molar refractivity (Wildman–Crippen MR) is 76.5 cm³/mol. The van der Waals surface area contributed by atoms with E-state index in [0.717, 1.165) is 11.8 Å². The van der Waals surface area contributed by atoms with Crippen molar-refractivity contribution in [2.24, 2.45) is 5.73 Å². The summed E-state index contributed by atoms with van der Waals surface area (Å²) in [6, 6.07) is 9.67. The van der Waals surface area contributed by atoms with Crippen LogP contribution in [-0.2, 0) is 9.84 Å². The average molecular weight is 292 g/mol. The summed E-state index contributed by atoms with van der Waals surface area (Å²) in [5, 5.41) is 0. The zero-order valence-electron chi connectivity index (χ0n) is 11.3. The second-order valence-electron chi connectivity index (χ2n) is 4.54. The average Bonchev–Trinajstić information content (AvgIpc) is 2.38. The highest BCUT2D eigenvalue weighted by molar-refractivity contribution is 7.90. The molecule has 1 atom stereocenters. The van der Waals surface area contributed by atoms with Crippen LogP contribution in [0.4, 0.5) is 0 Å². The first-order valence-electron chi connectivity index (χ1n) is 6.06. The van der Waals surface area contributed by atoms with E-state index < -0.39 is 9.84 Å². The molecule has 20 heavy (non-hydrogen) atoms. The molecule has 0 spiro atoms. The maximum Gasteiger partial charge on any atom is 0.223 e. The SMILES string of the molecule is CC(N)c1cccnc1Oc1cccc(S(C)(=O)=O)c1. The largest absolute Gasteiger partial charge is 0.439 e. The van der Waals surface area contributed by atoms with E-state index in [1.807, 2.05) is 13.0 Å². The molecule has 1 unspecified atom stereocenters. The quantitative estimate of drug-likeness (QED) is 0.935. The fourth-order valence-corrected chi connectivity index (χ4v) is 2.37. The van der Waals surface area contributed by atoms with Gasteiger partial charge in [0.1, 0.15) is 5.75 Å². The summed E-state index contributed by atoms with van der Waals surface area (Å²) in [7, 11) is -3.27. The lowest BCUT2D eigenvalue weighted by atomic mass is 10.1. The summed E-state index contributed by atoms with van der Waals surface area (Å²) in [4.78, 5) is 4.34. The number of pyridine rings is 1. The number of hydrogen-bond donors (Lipinski definition) is 1. The van der Waals surface area contributed by atoms with E-state index in [2.05, 4.69) is 4.98 Å². The van der Waals surface area contributed by atoms with Crippen molar-refractivity contribution in [3.63, 3.8) is 0 Å². The van der Waals surface area contributed by atoms with Crippen LogP contribution in [0.15, 0.2) is 47.5 Å². The third-order valence-corrected chi connectivity index (χ3v) is 3.85. The van der Waals surface area contributed by atoms with Gasteiger partial charge in [0.2, 0.25) is 5.88 Å². The molecule has 0 aliphatic rings. The molecule has 0 fully saturated rings. The fraction of sp³-hybridized carbons (Fsp3) is 0.214. The van der Waals surface area contributed by atoms with Crippen LogP contribution in [0.25, 0.3) is 0 Å². The summed E-state index contributed by atoms with van der Waals surface area (Å²) in [5.74, 6) is 0.793. The van der Waals surface area contributed by atoms with Crippen molar-refractivity contribution in [2.45, 2.75) is 17.9 Å². The molecule has 1 heterocycles. The van der Waals surface area contributed by atoms with Crippen molar-refractivity contribution in [2.75, 3.05) is 6.26 Å². The van der Waals surface area contributed by atoms with Crippen LogP contribution in [-0.4, -0.2) is 19.7 Å². The van der Waals surface area contributed by atoms with Gasteiger partial charge in [0.15, 0.2) is 9.84 Å². The van der Waals surface area contributed by atoms with Gasteiger partial charge in [-0.05, 0) is 31.2 Å². The maximum atomic E-state index is 11.5. The van der Waals surface area contributed by atoms with Crippen LogP contribution in [0.2, 0.25) is 0 Å². The Morgan fingerprint density at radius 1 is 1.25 bits per heavy atom. The van der Waals surface area contributed by atoms with Crippen LogP contribution in [0.5, 0.6) is 11.6 Å². The highest BCUT2D eigenvalue weighted by Crippen LogP contribution is 2.27. The Kier molecular flexibility index (Phi) is 4.06. The minimum Gasteiger partial charge on any atom is -0.439 e. The fourth-order valence-electron chi connectivity index (χ4n) is 1.72. The Morgan fingerprint density at radius 2 is 2.00 bits per heavy atom. The van der Waals surface area contributed by atoms with Gasteiger partial charge in [0.05, 0.1) is 4.90 Å². The summed E-state index contributed by atoms with van der Waals surface area (Å²) in [6.07, 6.45) is 2.75. The topological polar surface area (TPSA) is 82.3 Å². The first-order valence-corrected chi connectivity index (χ1v) is 7.95. The van der Waals surface area contributed by atoms with Gasteiger partial charge in [-0.2, -0.15) is 0 Å². The van der Waals surface area contributed by atoms with Crippen molar-refractivity contribution in [3.05, 3.63) is 48.2 Å². The van der Waals surface area contributed by atoms with Crippen molar-refractivity contribution >= 4 is 9.84 Å². The second kappa shape index (κ2) is 5.60. The molecule has 106 valence electrons. The molecule has 2 aromatic rings. The van der Waals surface area contributed by atoms with E-state index >= 15 is 0 Å². The number of ether oxygens (including phenoxy) is 1. The van der Waals surface area contributed by atoms with Gasteiger partial charge in [-0.3, -0.25) is 0 Å². The minimum atomic E-state index is -3.27. The van der Waals surface area contributed by atoms with Crippen LogP contribution in [0.1, 0.15) is 18.5 Å². The third-order valence-electron chi connectivity index (χ3n) is 2.74. The lowest BCUT2D eigenvalue weighted by Crippen LogP contribution is -2.07. The molecule has 2 rings (SSSR count). The van der Waals surface area contributed by atoms with Crippen LogP contribution in [0.3, 0.4) is 0 Å². The van der Waals surface area contributed by atoms with Gasteiger partial charge in [0, 0.05) is 24.1 Å². The lowest BCUT2D eigenvalue weighted by Gasteiger charge is -2.12. The zero-order valence-corrected chi connectivity index (χ0v) is 12.1. The van der Waals surface area contributed by atoms with Crippen molar-refractivity contribution in [1.82, 2.24) is 4.98 Å². The minimum absolute atomic E-state index is 0.202. The second-order valence-corrected chi connectivity index (χ2v) is 6.55. The van der Waals surface area contributed by atoms with Gasteiger partial charge in [0.25, 0.3) is 0 Å². The predicted octanol–water partition coefficient (Wildman–Crippen LogP) is 2.30. The number of nitrogens with two attached hydrogens (primary N) is 1. The van der Waals surface area contributed by atoms with Gasteiger partial charge in [-0.1, -0.05) is 12.1 Å². The molecule has 1 aromatic heterocycles. The molecule has 0 radical (unpaired) electrons. The van der Waals surface area contributed by atoms with Gasteiger partial charge in [-0.15, -0.1) is 0 Å². The van der Waals surface area contributed by atoms with Crippen molar-refractivity contribution in [3.8, 4) is 11.6 Å². The van der Waals surface area contributed by atoms with Crippen molar-refractivity contribution < 1.29 is 13.2 Å². The molecule has 0 saturated carbocycles. The number of benzene rings is 1. The number of rotatable bonds is 4. The maximum absolute atomic E-state index is 11.5. The van der Waals surface area contributed by atoms with Crippen LogP contribution in [0, 0.1) is 0 Å². The first kappa shape index (κ1) is 14.5. The number of nitrogens with zero attached hydrogens (tertiary/aromatic N) is 1. The molecule has 0 bridgehead atoms. The van der Waals surface area contributed by atoms with Gasteiger partial charge < -0.3 is 10.5 Å². The van der Waals surface area contributed by atoms with Crippen molar-refractivity contribution in [1.29, 1.82) is 0 Å². The van der Waals surface area contributed by atoms with Gasteiger partial charge >= 0.3 is 0 Å². The van der Waals surface area contributed by atoms with E-state index in [0.29, 0.717) is 11.6 Å². The summed E-state index contributed by atoms with van der Waals surface area (Å²) in [6.45, 7) is 1.83. The van der Waals surface area contributed by atoms with Gasteiger partial charge in [-0.25, -0.2) is 13.4 Å². The Morgan fingerprint density at radius 3 is 2.65 bits per heavy atom. The molecular weight excluding hydrogens is 276 g/mol. The Bertz CT molecular complexity index is 712. The van der Waals surface area contributed by atoms with E-state index in [-0.39, 0.29) is 10.9 Å². The summed E-state index contributed by atoms with van der Waals surface area (Å²) >= 11 is 0. The smallest absolute Gasteiger partial charge is 0.223 e. The van der Waals surface area contributed by atoms with Crippen LogP contribution >= 0.6 is 0 Å². The zero-order chi connectivity index (χ0) is 14.8. The lowest BCUT2D eigenvalue weighted by molar-refractivity contribution is 0.450. The van der Waals surface area contributed by atoms with E-state index in [4.69, 9.17) is 10.5 Å². The standard InChI is InChI=1S/C14H16N2O3S/c1-10(15)13-7-4-8-16-14(13)19-11-5-3-6-12(9-11)20(2,17)18/h3-10H,15H2,1-2H3. The molecular formula is C14H16N2O3S. The monoisotopic (exact) mass is 292 g/mol. The number of sulfone groups is 1. The Hall–Kier alpha value is -1.92. The molecule has 0 aliphatic heterocycles. The van der Waals surface area contributed by atoms with E-state index in [1.54, 1.807) is 24.4 Å². The molecule has 2 N–H and O–H groups in total. The summed E-state index contributed by atoms with van der Waals surface area (Å²) < 4.78 is 28.7. The molecule has 0 saturated heterocycles. The number of hydrogen-bond acceptors (Lipinski definition) is 5. The molecule has 0 amide bonds. The van der Waals surface area contributed by atoms with E-state index in [9.17, 15) is 8.42 Å². The molecule has 6 heteroatoms. The third kappa shape index (κ3) is 3.34. The first-order chi connectivity index (χ1) is 9.38. The molecule has 5 nitrogen and oxygen atoms in total. The molecule has 0 aliphatic carbocycles. The normalized spacial score (nSPS) is 12.9. The highest BCUT2D eigenvalue weighted by Gasteiger charge is 2.12. The highest BCUT2D eigenvalue weighted by atomic mass is 32.2. The summed E-state index contributed by atoms with van der Waals surface area (Å²) in [5.41, 5.74) is 6.61. The number of aromatic nitrogens is 1. The van der Waals surface area contributed by atoms with Crippen LogP contribution < -0.4 is 10.5 Å².